The average Bonchev–Trinajstić information content (AvgIpc) is 2.28. The topological polar surface area (TPSA) is 84.9 Å². The molecule has 5 nitrogen and oxygen atoms in total. The summed E-state index contributed by atoms with van der Waals surface area (Å²) < 4.78 is 46.0. The fourth-order valence-corrected chi connectivity index (χ4v) is 1.41. The van der Waals surface area contributed by atoms with E-state index in [-0.39, 0.29) is 11.2 Å². The molecule has 0 radical (unpaired) electrons. The molecule has 9 heteroatoms. The summed E-state index contributed by atoms with van der Waals surface area (Å²) in [7, 11) is -1.56. The zero-order valence-corrected chi connectivity index (χ0v) is 12.7. The van der Waals surface area contributed by atoms with Gasteiger partial charge in [0.1, 0.15) is 0 Å². The van der Waals surface area contributed by atoms with E-state index in [1.165, 1.54) is 26.0 Å². The van der Waals surface area contributed by atoms with Crippen LogP contribution in [0.4, 0.5) is 18.9 Å². The van der Waals surface area contributed by atoms with Crippen LogP contribution in [0.25, 0.3) is 0 Å². The summed E-state index contributed by atoms with van der Waals surface area (Å²) in [5.41, 5.74) is 2.76. The molecule has 0 unspecified atom stereocenters. The molecule has 0 saturated heterocycles. The molecule has 0 aliphatic carbocycles. The van der Waals surface area contributed by atoms with Crippen molar-refractivity contribution in [2.75, 3.05) is 5.73 Å². The first-order valence-electron chi connectivity index (χ1n) is 6.46. The first-order chi connectivity index (χ1) is 9.73. The number of alkyl halides is 3. The van der Waals surface area contributed by atoms with Gasteiger partial charge < -0.3 is 25.3 Å². The number of nitrogen functional groups attached to an aromatic ring is 1. The van der Waals surface area contributed by atoms with E-state index in [1.54, 1.807) is 13.8 Å². The summed E-state index contributed by atoms with van der Waals surface area (Å²) in [4.78, 5) is 0. The van der Waals surface area contributed by atoms with Gasteiger partial charge in [0.25, 0.3) is 0 Å². The molecule has 1 rings (SSSR count). The molecule has 0 atom stereocenters. The number of hydrogen-bond acceptors (Lipinski definition) is 5. The number of anilines is 1. The third-order valence-corrected chi connectivity index (χ3v) is 3.43. The first kappa shape index (κ1) is 18.6. The van der Waals surface area contributed by atoms with Gasteiger partial charge in [-0.15, -0.1) is 13.2 Å². The van der Waals surface area contributed by atoms with E-state index in [2.05, 4.69) is 4.74 Å². The third kappa shape index (κ3) is 4.79. The molecule has 0 heterocycles. The van der Waals surface area contributed by atoms with E-state index >= 15 is 0 Å². The molecule has 0 aromatic heterocycles. The zero-order chi connectivity index (χ0) is 17.3. The number of rotatable bonds is 5. The van der Waals surface area contributed by atoms with E-state index in [1.807, 2.05) is 0 Å². The summed E-state index contributed by atoms with van der Waals surface area (Å²) in [5, 5.41) is 20.0. The number of hydrogen-bond donors (Lipinski definition) is 3. The number of benzene rings is 1. The van der Waals surface area contributed by atoms with Crippen molar-refractivity contribution in [1.29, 1.82) is 0 Å². The van der Waals surface area contributed by atoms with Crippen LogP contribution in [-0.4, -0.2) is 34.8 Å². The van der Waals surface area contributed by atoms with Crippen molar-refractivity contribution < 1.29 is 32.7 Å². The number of ether oxygens (including phenoxy) is 1. The summed E-state index contributed by atoms with van der Waals surface area (Å²) in [6.45, 7) is 6.06. The molecule has 124 valence electrons. The summed E-state index contributed by atoms with van der Waals surface area (Å²) >= 11 is 0. The van der Waals surface area contributed by atoms with Gasteiger partial charge >= 0.3 is 13.5 Å². The molecular formula is C13H19BF3NO4. The molecule has 22 heavy (non-hydrogen) atoms. The van der Waals surface area contributed by atoms with Crippen molar-refractivity contribution in [2.24, 2.45) is 0 Å². The van der Waals surface area contributed by atoms with Crippen LogP contribution in [0.15, 0.2) is 18.2 Å². The maximum atomic E-state index is 12.3. The molecule has 0 aliphatic rings. The van der Waals surface area contributed by atoms with Gasteiger partial charge in [0.15, 0.2) is 5.75 Å². The zero-order valence-electron chi connectivity index (χ0n) is 12.7. The second kappa shape index (κ2) is 5.98. The van der Waals surface area contributed by atoms with Gasteiger partial charge in [0.2, 0.25) is 0 Å². The van der Waals surface area contributed by atoms with Gasteiger partial charge in [0.05, 0.1) is 16.9 Å². The fraction of sp³-hybridized carbons (Fsp3) is 0.538. The standard InChI is InChI=1S/C13H19BF3NO4/c1-11(2,19)12(3,4)22-14(20)8-5-6-9(18)10(7-8)21-13(15,16)17/h5-7,19-20H,18H2,1-4H3. The van der Waals surface area contributed by atoms with Crippen molar-refractivity contribution in [3.63, 3.8) is 0 Å². The predicted molar refractivity (Wildman–Crippen MR) is 76.6 cm³/mol. The molecule has 0 spiro atoms. The second-order valence-electron chi connectivity index (χ2n) is 5.88. The monoisotopic (exact) mass is 321 g/mol. The van der Waals surface area contributed by atoms with Crippen molar-refractivity contribution in [1.82, 2.24) is 0 Å². The molecule has 0 saturated carbocycles. The lowest BCUT2D eigenvalue weighted by molar-refractivity contribution is -0.274. The molecule has 0 fully saturated rings. The van der Waals surface area contributed by atoms with Crippen LogP contribution in [0, 0.1) is 0 Å². The van der Waals surface area contributed by atoms with Gasteiger partial charge in [-0.3, -0.25) is 0 Å². The van der Waals surface area contributed by atoms with E-state index in [0.29, 0.717) is 0 Å². The highest BCUT2D eigenvalue weighted by atomic mass is 19.4. The lowest BCUT2D eigenvalue weighted by Gasteiger charge is -2.38. The van der Waals surface area contributed by atoms with Crippen LogP contribution in [0.2, 0.25) is 0 Å². The smallest absolute Gasteiger partial charge is 0.423 e. The average molecular weight is 321 g/mol. The van der Waals surface area contributed by atoms with Crippen molar-refractivity contribution >= 4 is 18.3 Å². The molecule has 0 bridgehead atoms. The van der Waals surface area contributed by atoms with Crippen molar-refractivity contribution in [2.45, 2.75) is 45.3 Å². The number of nitrogens with two attached hydrogens (primary N) is 1. The third-order valence-electron chi connectivity index (χ3n) is 3.43. The number of aliphatic hydroxyl groups is 1. The largest absolute Gasteiger partial charge is 0.573 e. The fourth-order valence-electron chi connectivity index (χ4n) is 1.41. The quantitative estimate of drug-likeness (QED) is 0.564. The van der Waals surface area contributed by atoms with E-state index in [9.17, 15) is 23.3 Å². The normalized spacial score (nSPS) is 13.1. The van der Waals surface area contributed by atoms with Gasteiger partial charge in [-0.05, 0) is 45.3 Å². The highest BCUT2D eigenvalue weighted by Crippen LogP contribution is 2.28. The Bertz CT molecular complexity index is 529. The Balaban J connectivity index is 3.00. The predicted octanol–water partition coefficient (Wildman–Crippen LogP) is 1.42. The van der Waals surface area contributed by atoms with E-state index in [4.69, 9.17) is 10.4 Å². The van der Waals surface area contributed by atoms with Gasteiger partial charge in [-0.1, -0.05) is 6.07 Å². The first-order valence-corrected chi connectivity index (χ1v) is 6.46. The molecule has 1 aromatic rings. The summed E-state index contributed by atoms with van der Waals surface area (Å²) in [6, 6.07) is 3.41. The van der Waals surface area contributed by atoms with Gasteiger partial charge in [0, 0.05) is 0 Å². The molecule has 0 aliphatic heterocycles. The molecule has 4 N–H and O–H groups in total. The van der Waals surface area contributed by atoms with Crippen LogP contribution < -0.4 is 15.9 Å². The minimum atomic E-state index is -4.90. The Morgan fingerprint density at radius 3 is 2.14 bits per heavy atom. The highest BCUT2D eigenvalue weighted by molar-refractivity contribution is 6.60. The minimum Gasteiger partial charge on any atom is -0.423 e. The summed E-state index contributed by atoms with van der Waals surface area (Å²) in [6.07, 6.45) is -4.90. The Hall–Kier alpha value is -1.45. The van der Waals surface area contributed by atoms with Gasteiger partial charge in [-0.25, -0.2) is 0 Å². The Kier molecular flexibility index (Phi) is 5.06. The maximum absolute atomic E-state index is 12.3. The van der Waals surface area contributed by atoms with Crippen LogP contribution in [0.1, 0.15) is 27.7 Å². The maximum Gasteiger partial charge on any atom is 0.573 e. The Labute approximate surface area is 127 Å². The summed E-state index contributed by atoms with van der Waals surface area (Å²) in [5.74, 6) is -0.631. The molecular weight excluding hydrogens is 302 g/mol. The van der Waals surface area contributed by atoms with Crippen LogP contribution in [0.3, 0.4) is 0 Å². The Morgan fingerprint density at radius 1 is 1.14 bits per heavy atom. The van der Waals surface area contributed by atoms with Gasteiger partial charge in [-0.2, -0.15) is 0 Å². The van der Waals surface area contributed by atoms with Crippen LogP contribution in [0.5, 0.6) is 5.75 Å². The highest BCUT2D eigenvalue weighted by Gasteiger charge is 2.40. The minimum absolute atomic E-state index is 0.0192. The molecule has 0 amide bonds. The number of halogens is 3. The lowest BCUT2D eigenvalue weighted by Crippen LogP contribution is -2.53. The Morgan fingerprint density at radius 2 is 1.68 bits per heavy atom. The van der Waals surface area contributed by atoms with E-state index < -0.39 is 30.4 Å². The molecule has 1 aromatic carbocycles. The lowest BCUT2D eigenvalue weighted by atomic mass is 9.76. The van der Waals surface area contributed by atoms with Crippen LogP contribution >= 0.6 is 0 Å². The second-order valence-corrected chi connectivity index (χ2v) is 5.88. The van der Waals surface area contributed by atoms with Crippen molar-refractivity contribution in [3.8, 4) is 5.75 Å². The SMILES string of the molecule is CC(C)(O)C(C)(C)OB(O)c1ccc(N)c(OC(F)(F)F)c1. The van der Waals surface area contributed by atoms with E-state index in [0.717, 1.165) is 6.07 Å². The van der Waals surface area contributed by atoms with Crippen LogP contribution in [-0.2, 0) is 4.65 Å². The van der Waals surface area contributed by atoms with Crippen molar-refractivity contribution in [3.05, 3.63) is 18.2 Å².